The maximum atomic E-state index is 6.32. The van der Waals surface area contributed by atoms with Gasteiger partial charge in [-0.15, -0.1) is 0 Å². The Morgan fingerprint density at radius 2 is 2.09 bits per heavy atom. The maximum absolute atomic E-state index is 6.32. The van der Waals surface area contributed by atoms with Crippen LogP contribution in [0.5, 0.6) is 0 Å². The lowest BCUT2D eigenvalue weighted by molar-refractivity contribution is -0.0666. The Balaban J connectivity index is 1.44. The van der Waals surface area contributed by atoms with Crippen LogP contribution in [0.4, 0.5) is 0 Å². The van der Waals surface area contributed by atoms with E-state index in [2.05, 4.69) is 16.0 Å². The molecule has 0 N–H and O–H groups in total. The largest absolute Gasteiger partial charge is 0.381 e. The average molecular weight is 318 g/mol. The molecule has 0 radical (unpaired) electrons. The molecule has 2 saturated heterocycles. The number of rotatable bonds is 4. The second-order valence-corrected chi connectivity index (χ2v) is 6.77. The van der Waals surface area contributed by atoms with E-state index in [1.165, 1.54) is 6.42 Å². The molecule has 1 aromatic rings. The van der Waals surface area contributed by atoms with Crippen molar-refractivity contribution in [1.29, 1.82) is 0 Å². The third-order valence-corrected chi connectivity index (χ3v) is 5.43. The molecule has 1 saturated carbocycles. The summed E-state index contributed by atoms with van der Waals surface area (Å²) in [6, 6.07) is 5.15. The van der Waals surface area contributed by atoms with Gasteiger partial charge in [0.15, 0.2) is 0 Å². The van der Waals surface area contributed by atoms with Crippen LogP contribution in [0.15, 0.2) is 24.5 Å². The summed E-state index contributed by atoms with van der Waals surface area (Å²) in [5, 5.41) is 0. The van der Waals surface area contributed by atoms with Crippen LogP contribution >= 0.6 is 0 Å². The first-order chi connectivity index (χ1) is 11.4. The van der Waals surface area contributed by atoms with Crippen LogP contribution in [-0.4, -0.2) is 60.5 Å². The highest BCUT2D eigenvalue weighted by Gasteiger charge is 2.45. The van der Waals surface area contributed by atoms with Gasteiger partial charge in [0.2, 0.25) is 0 Å². The van der Waals surface area contributed by atoms with E-state index in [1.54, 1.807) is 6.20 Å². The monoisotopic (exact) mass is 318 g/mol. The van der Waals surface area contributed by atoms with Crippen LogP contribution in [0, 0.1) is 0 Å². The van der Waals surface area contributed by atoms with Gasteiger partial charge in [0.05, 0.1) is 25.4 Å². The van der Waals surface area contributed by atoms with Crippen molar-refractivity contribution >= 4 is 0 Å². The van der Waals surface area contributed by atoms with Gasteiger partial charge in [-0.2, -0.15) is 0 Å². The SMILES string of the molecule is c1cncc(CO[C@@H]2[C@H]3CC[C@H]2OCCN3C2CCOCC2)c1. The lowest BCUT2D eigenvalue weighted by Gasteiger charge is -2.39. The van der Waals surface area contributed by atoms with E-state index < -0.39 is 0 Å². The van der Waals surface area contributed by atoms with Crippen LogP contribution in [-0.2, 0) is 20.8 Å². The van der Waals surface area contributed by atoms with Crippen molar-refractivity contribution in [3.63, 3.8) is 0 Å². The molecule has 1 aromatic heterocycles. The quantitative estimate of drug-likeness (QED) is 0.850. The van der Waals surface area contributed by atoms with Crippen molar-refractivity contribution in [1.82, 2.24) is 9.88 Å². The summed E-state index contributed by atoms with van der Waals surface area (Å²) in [4.78, 5) is 6.83. The summed E-state index contributed by atoms with van der Waals surface area (Å²) >= 11 is 0. The van der Waals surface area contributed by atoms with Gasteiger partial charge in [0.25, 0.3) is 0 Å². The number of hydrogen-bond acceptors (Lipinski definition) is 5. The fraction of sp³-hybridized carbons (Fsp3) is 0.722. The molecule has 3 fully saturated rings. The van der Waals surface area contributed by atoms with Crippen molar-refractivity contribution in [2.45, 2.75) is 56.6 Å². The third kappa shape index (κ3) is 3.43. The van der Waals surface area contributed by atoms with E-state index in [9.17, 15) is 0 Å². The first-order valence-electron chi connectivity index (χ1n) is 8.87. The van der Waals surface area contributed by atoms with Gasteiger partial charge in [-0.1, -0.05) is 6.07 Å². The highest BCUT2D eigenvalue weighted by molar-refractivity contribution is 5.07. The van der Waals surface area contributed by atoms with Gasteiger partial charge < -0.3 is 14.2 Å². The van der Waals surface area contributed by atoms with Gasteiger partial charge in [0.1, 0.15) is 0 Å². The minimum atomic E-state index is 0.181. The Kier molecular flexibility index (Phi) is 4.90. The molecule has 1 aliphatic carbocycles. The summed E-state index contributed by atoms with van der Waals surface area (Å²) in [6.07, 6.45) is 8.68. The lowest BCUT2D eigenvalue weighted by atomic mass is 10.0. The Bertz CT molecular complexity index is 492. The Morgan fingerprint density at radius 1 is 1.17 bits per heavy atom. The Morgan fingerprint density at radius 3 is 2.91 bits per heavy atom. The van der Waals surface area contributed by atoms with E-state index in [4.69, 9.17) is 14.2 Å². The summed E-state index contributed by atoms with van der Waals surface area (Å²) in [7, 11) is 0. The predicted molar refractivity (Wildman–Crippen MR) is 86.1 cm³/mol. The molecule has 0 spiro atoms. The van der Waals surface area contributed by atoms with E-state index in [1.807, 2.05) is 12.3 Å². The van der Waals surface area contributed by atoms with Gasteiger partial charge in [-0.25, -0.2) is 0 Å². The maximum Gasteiger partial charge on any atom is 0.0995 e. The van der Waals surface area contributed by atoms with Gasteiger partial charge >= 0.3 is 0 Å². The molecular weight excluding hydrogens is 292 g/mol. The molecule has 3 heterocycles. The zero-order chi connectivity index (χ0) is 15.5. The van der Waals surface area contributed by atoms with E-state index >= 15 is 0 Å². The lowest BCUT2D eigenvalue weighted by Crippen LogP contribution is -2.50. The first-order valence-corrected chi connectivity index (χ1v) is 8.87. The highest BCUT2D eigenvalue weighted by Crippen LogP contribution is 2.35. The molecular formula is C18H26N2O3. The van der Waals surface area contributed by atoms with Crippen LogP contribution in [0.3, 0.4) is 0 Å². The molecule has 2 aliphatic heterocycles. The zero-order valence-corrected chi connectivity index (χ0v) is 13.6. The third-order valence-electron chi connectivity index (χ3n) is 5.43. The number of pyridine rings is 1. The predicted octanol–water partition coefficient (Wildman–Crippen LogP) is 2.01. The van der Waals surface area contributed by atoms with Crippen LogP contribution in [0.25, 0.3) is 0 Å². The van der Waals surface area contributed by atoms with Gasteiger partial charge in [0, 0.05) is 44.2 Å². The van der Waals surface area contributed by atoms with Crippen molar-refractivity contribution in [3.8, 4) is 0 Å². The van der Waals surface area contributed by atoms with Crippen molar-refractivity contribution in [2.24, 2.45) is 0 Å². The number of hydrogen-bond donors (Lipinski definition) is 0. The van der Waals surface area contributed by atoms with E-state index in [-0.39, 0.29) is 12.2 Å². The molecule has 0 aromatic carbocycles. The summed E-state index contributed by atoms with van der Waals surface area (Å²) in [5.74, 6) is 0. The zero-order valence-electron chi connectivity index (χ0n) is 13.6. The molecule has 5 nitrogen and oxygen atoms in total. The van der Waals surface area contributed by atoms with Crippen LogP contribution in [0.1, 0.15) is 31.2 Å². The standard InChI is InChI=1S/C18H26N2O3/c1-2-14(12-19-7-1)13-23-18-16-3-4-17(18)22-11-8-20(16)15-5-9-21-10-6-15/h1-2,7,12,15-18H,3-6,8-11,13H2/t16-,17-,18-/m1/s1. The highest BCUT2D eigenvalue weighted by atomic mass is 16.5. The fourth-order valence-electron chi connectivity index (χ4n) is 4.28. The minimum Gasteiger partial charge on any atom is -0.381 e. The molecule has 5 heteroatoms. The van der Waals surface area contributed by atoms with Gasteiger partial charge in [-0.3, -0.25) is 9.88 Å². The molecule has 4 rings (SSSR count). The molecule has 0 amide bonds. The number of nitrogens with zero attached hydrogens (tertiary/aromatic N) is 2. The normalized spacial score (nSPS) is 32.8. The van der Waals surface area contributed by atoms with Crippen LogP contribution < -0.4 is 0 Å². The topological polar surface area (TPSA) is 43.8 Å². The van der Waals surface area contributed by atoms with Crippen molar-refractivity contribution in [2.75, 3.05) is 26.4 Å². The average Bonchev–Trinajstić information content (AvgIpc) is 2.90. The smallest absolute Gasteiger partial charge is 0.0995 e. The summed E-state index contributed by atoms with van der Waals surface area (Å²) < 4.78 is 18.0. The second-order valence-electron chi connectivity index (χ2n) is 6.77. The number of ether oxygens (including phenoxy) is 3. The Hall–Kier alpha value is -1.01. The fourth-order valence-corrected chi connectivity index (χ4v) is 4.28. The molecule has 23 heavy (non-hydrogen) atoms. The number of fused-ring (bicyclic) bond motifs is 2. The molecule has 3 atom stereocenters. The van der Waals surface area contributed by atoms with Gasteiger partial charge in [-0.05, 0) is 37.3 Å². The molecule has 126 valence electrons. The molecule has 2 bridgehead atoms. The van der Waals surface area contributed by atoms with E-state index in [0.717, 1.165) is 51.2 Å². The second kappa shape index (κ2) is 7.26. The van der Waals surface area contributed by atoms with E-state index in [0.29, 0.717) is 18.7 Å². The Labute approximate surface area is 137 Å². The molecule has 0 unspecified atom stereocenters. The first kappa shape index (κ1) is 15.5. The molecule has 3 aliphatic rings. The summed E-state index contributed by atoms with van der Waals surface area (Å²) in [6.45, 7) is 4.25. The van der Waals surface area contributed by atoms with Crippen molar-refractivity contribution in [3.05, 3.63) is 30.1 Å². The van der Waals surface area contributed by atoms with Crippen molar-refractivity contribution < 1.29 is 14.2 Å². The minimum absolute atomic E-state index is 0.181. The number of aromatic nitrogens is 1. The van der Waals surface area contributed by atoms with Crippen LogP contribution in [0.2, 0.25) is 0 Å². The summed E-state index contributed by atoms with van der Waals surface area (Å²) in [5.41, 5.74) is 1.13.